The summed E-state index contributed by atoms with van der Waals surface area (Å²) in [6, 6.07) is 9.97. The summed E-state index contributed by atoms with van der Waals surface area (Å²) in [6.07, 6.45) is 4.97. The molecule has 6 heteroatoms. The topological polar surface area (TPSA) is 60.7 Å². The Hall–Kier alpha value is -2.08. The van der Waals surface area contributed by atoms with E-state index in [0.29, 0.717) is 11.7 Å². The normalized spacial score (nSPS) is 12.7. The number of hydrogen-bond donors (Lipinski definition) is 0. The molecule has 1 atom stereocenters. The van der Waals surface area contributed by atoms with Crippen LogP contribution in [0.25, 0.3) is 10.9 Å². The smallest absolute Gasteiger partial charge is 0.221 e. The fourth-order valence-electron chi connectivity index (χ4n) is 2.05. The van der Waals surface area contributed by atoms with Crippen LogP contribution in [0.5, 0.6) is 0 Å². The van der Waals surface area contributed by atoms with Gasteiger partial charge in [-0.2, -0.15) is 0 Å². The predicted octanol–water partition coefficient (Wildman–Crippen LogP) is 1.61. The van der Waals surface area contributed by atoms with Crippen molar-refractivity contribution in [2.45, 2.75) is 11.7 Å². The molecule has 0 spiro atoms. The van der Waals surface area contributed by atoms with Gasteiger partial charge < -0.3 is 4.57 Å². The molecule has 0 aliphatic heterocycles. The Morgan fingerprint density at radius 2 is 2.11 bits per heavy atom. The lowest BCUT2D eigenvalue weighted by Gasteiger charge is -2.07. The molecule has 0 aliphatic rings. The number of hydrogen-bond acceptors (Lipinski definition) is 4. The van der Waals surface area contributed by atoms with Crippen LogP contribution in [0.4, 0.5) is 0 Å². The van der Waals surface area contributed by atoms with Gasteiger partial charge in [0.2, 0.25) is 5.16 Å². The fraction of sp³-hybridized carbons (Fsp3) is 0.154. The van der Waals surface area contributed by atoms with Crippen LogP contribution in [-0.4, -0.2) is 30.2 Å². The summed E-state index contributed by atoms with van der Waals surface area (Å²) in [4.78, 5) is 4.41. The summed E-state index contributed by atoms with van der Waals surface area (Å²) in [7, 11) is -1.15. The first-order valence-corrected chi connectivity index (χ1v) is 7.35. The zero-order chi connectivity index (χ0) is 13.2. The molecular weight excluding hydrogens is 260 g/mol. The van der Waals surface area contributed by atoms with Gasteiger partial charge in [0.1, 0.15) is 6.33 Å². The molecule has 96 valence electrons. The van der Waals surface area contributed by atoms with Crippen molar-refractivity contribution in [3.63, 3.8) is 0 Å². The minimum Gasteiger partial charge on any atom is -0.302 e. The average Bonchev–Trinajstić information content (AvgIpc) is 2.87. The van der Waals surface area contributed by atoms with Crippen LogP contribution >= 0.6 is 0 Å². The Morgan fingerprint density at radius 1 is 1.26 bits per heavy atom. The third-order valence-corrected chi connectivity index (χ3v) is 3.72. The Balaban J connectivity index is 2.06. The molecule has 2 aromatic heterocycles. The molecule has 5 nitrogen and oxygen atoms in total. The molecule has 0 aliphatic carbocycles. The minimum atomic E-state index is -1.15. The van der Waals surface area contributed by atoms with Gasteiger partial charge in [-0.15, -0.1) is 10.2 Å². The largest absolute Gasteiger partial charge is 0.302 e. The predicted molar refractivity (Wildman–Crippen MR) is 73.2 cm³/mol. The molecule has 0 saturated heterocycles. The highest BCUT2D eigenvalue weighted by Crippen LogP contribution is 2.17. The van der Waals surface area contributed by atoms with E-state index in [-0.39, 0.29) is 0 Å². The summed E-state index contributed by atoms with van der Waals surface area (Å²) < 4.78 is 13.3. The molecule has 3 aromatic rings. The third kappa shape index (κ3) is 2.26. The van der Waals surface area contributed by atoms with Crippen molar-refractivity contribution < 1.29 is 4.21 Å². The Morgan fingerprint density at radius 3 is 2.95 bits per heavy atom. The van der Waals surface area contributed by atoms with Gasteiger partial charge in [0.05, 0.1) is 22.9 Å². The van der Waals surface area contributed by atoms with Gasteiger partial charge in [-0.3, -0.25) is 9.19 Å². The molecule has 0 bridgehead atoms. The van der Waals surface area contributed by atoms with E-state index in [9.17, 15) is 4.21 Å². The number of rotatable bonds is 3. The average molecular weight is 272 g/mol. The number of fused-ring (bicyclic) bond motifs is 1. The second-order valence-corrected chi connectivity index (χ2v) is 5.46. The standard InChI is InChI=1S/C13H12N4OS/c1-19(18)13-16-15-9-17(13)8-11-5-2-4-10-6-3-7-14-12(10)11/h2-7,9H,8H2,1H3/t19-/m1/s1. The van der Waals surface area contributed by atoms with Gasteiger partial charge in [-0.25, -0.2) is 0 Å². The lowest BCUT2D eigenvalue weighted by molar-refractivity contribution is 0.654. The summed E-state index contributed by atoms with van der Waals surface area (Å²) in [5.41, 5.74) is 2.01. The minimum absolute atomic E-state index is 0.480. The van der Waals surface area contributed by atoms with Crippen molar-refractivity contribution in [1.29, 1.82) is 0 Å². The monoisotopic (exact) mass is 272 g/mol. The second-order valence-electron chi connectivity index (χ2n) is 4.19. The number of pyridine rings is 1. The van der Waals surface area contributed by atoms with Crippen LogP contribution in [0.1, 0.15) is 5.56 Å². The van der Waals surface area contributed by atoms with Crippen LogP contribution in [-0.2, 0) is 17.3 Å². The summed E-state index contributed by atoms with van der Waals surface area (Å²) >= 11 is 0. The highest BCUT2D eigenvalue weighted by molar-refractivity contribution is 7.84. The molecular formula is C13H12N4OS. The Bertz CT molecular complexity index is 748. The van der Waals surface area contributed by atoms with E-state index in [4.69, 9.17) is 0 Å². The van der Waals surface area contributed by atoms with Crippen LogP contribution < -0.4 is 0 Å². The first kappa shape index (κ1) is 12.0. The lowest BCUT2D eigenvalue weighted by atomic mass is 10.1. The van der Waals surface area contributed by atoms with Crippen molar-refractivity contribution in [3.8, 4) is 0 Å². The summed E-state index contributed by atoms with van der Waals surface area (Å²) in [5, 5.41) is 9.27. The molecule has 0 N–H and O–H groups in total. The summed E-state index contributed by atoms with van der Waals surface area (Å²) in [6.45, 7) is 0.566. The zero-order valence-electron chi connectivity index (χ0n) is 10.4. The van der Waals surface area contributed by atoms with Gasteiger partial charge in [0.25, 0.3) is 0 Å². The van der Waals surface area contributed by atoms with E-state index < -0.39 is 10.8 Å². The molecule has 3 rings (SSSR count). The maximum absolute atomic E-state index is 11.6. The van der Waals surface area contributed by atoms with Gasteiger partial charge >= 0.3 is 0 Å². The molecule has 0 radical (unpaired) electrons. The fourth-order valence-corrected chi connectivity index (χ4v) is 2.66. The van der Waals surface area contributed by atoms with Crippen LogP contribution in [0.15, 0.2) is 48.0 Å². The van der Waals surface area contributed by atoms with Crippen LogP contribution in [0.2, 0.25) is 0 Å². The first-order chi connectivity index (χ1) is 9.25. The maximum Gasteiger partial charge on any atom is 0.221 e. The third-order valence-electron chi connectivity index (χ3n) is 2.89. The van der Waals surface area contributed by atoms with E-state index >= 15 is 0 Å². The number of aromatic nitrogens is 4. The molecule has 0 fully saturated rings. The van der Waals surface area contributed by atoms with Crippen LogP contribution in [0.3, 0.4) is 0 Å². The highest BCUT2D eigenvalue weighted by atomic mass is 32.2. The molecule has 1 aromatic carbocycles. The van der Waals surface area contributed by atoms with E-state index in [1.54, 1.807) is 23.3 Å². The molecule has 0 saturated carbocycles. The first-order valence-electron chi connectivity index (χ1n) is 5.79. The maximum atomic E-state index is 11.6. The van der Waals surface area contributed by atoms with Crippen molar-refractivity contribution in [1.82, 2.24) is 19.7 Å². The quantitative estimate of drug-likeness (QED) is 0.727. The molecule has 2 heterocycles. The van der Waals surface area contributed by atoms with E-state index in [0.717, 1.165) is 16.5 Å². The van der Waals surface area contributed by atoms with Crippen molar-refractivity contribution in [2.75, 3.05) is 6.26 Å². The Labute approximate surface area is 112 Å². The van der Waals surface area contributed by atoms with Gasteiger partial charge in [-0.1, -0.05) is 24.3 Å². The second kappa shape index (κ2) is 4.89. The van der Waals surface area contributed by atoms with Gasteiger partial charge in [0.15, 0.2) is 0 Å². The molecule has 19 heavy (non-hydrogen) atoms. The van der Waals surface area contributed by atoms with E-state index in [1.807, 2.05) is 30.3 Å². The van der Waals surface area contributed by atoms with Crippen molar-refractivity contribution in [2.24, 2.45) is 0 Å². The lowest BCUT2D eigenvalue weighted by Crippen LogP contribution is -2.06. The van der Waals surface area contributed by atoms with Crippen molar-refractivity contribution >= 4 is 21.7 Å². The number of para-hydroxylation sites is 1. The SMILES string of the molecule is C[S@@](=O)c1nncn1Cc1cccc2cccnc12. The summed E-state index contributed by atoms with van der Waals surface area (Å²) in [5.74, 6) is 0. The Kier molecular flexibility index (Phi) is 3.08. The highest BCUT2D eigenvalue weighted by Gasteiger charge is 2.10. The number of nitrogens with zero attached hydrogens (tertiary/aromatic N) is 4. The van der Waals surface area contributed by atoms with Crippen molar-refractivity contribution in [3.05, 3.63) is 48.4 Å². The van der Waals surface area contributed by atoms with Gasteiger partial charge in [0, 0.05) is 17.8 Å². The zero-order valence-corrected chi connectivity index (χ0v) is 11.2. The molecule has 0 unspecified atom stereocenters. The van der Waals surface area contributed by atoms with E-state index in [2.05, 4.69) is 15.2 Å². The molecule has 0 amide bonds. The number of benzene rings is 1. The van der Waals surface area contributed by atoms with Crippen LogP contribution in [0, 0.1) is 0 Å². The van der Waals surface area contributed by atoms with E-state index in [1.165, 1.54) is 0 Å². The van der Waals surface area contributed by atoms with Gasteiger partial charge in [-0.05, 0) is 11.6 Å².